The third kappa shape index (κ3) is 1.70. The van der Waals surface area contributed by atoms with Crippen LogP contribution in [0.1, 0.15) is 21.9 Å². The molecule has 3 heteroatoms. The first-order valence-electron chi connectivity index (χ1n) is 5.69. The molecule has 0 fully saturated rings. The summed E-state index contributed by atoms with van der Waals surface area (Å²) in [5.41, 5.74) is 0.643. The van der Waals surface area contributed by atoms with Gasteiger partial charge in [0.25, 0.3) is 0 Å². The molecule has 2 aromatic heterocycles. The maximum Gasteiger partial charge on any atom is 0.228 e. The molecule has 0 unspecified atom stereocenters. The highest BCUT2D eigenvalue weighted by Crippen LogP contribution is 2.21. The molecular weight excluding hydrogens is 226 g/mol. The summed E-state index contributed by atoms with van der Waals surface area (Å²) in [6.45, 7) is 1.82. The molecule has 0 N–H and O–H groups in total. The van der Waals surface area contributed by atoms with E-state index in [1.165, 1.54) is 0 Å². The standard InChI is InChI=1S/C15H11NO2/c1-10-5-6-14(18-10)15(17)13-4-2-3-11-9-16-8-7-12(11)13/h2-9H,1H3. The number of hydrogen-bond acceptors (Lipinski definition) is 3. The van der Waals surface area contributed by atoms with Crippen molar-refractivity contribution < 1.29 is 9.21 Å². The van der Waals surface area contributed by atoms with Crippen LogP contribution in [0.2, 0.25) is 0 Å². The van der Waals surface area contributed by atoms with Gasteiger partial charge in [0.15, 0.2) is 5.76 Å². The number of benzene rings is 1. The first kappa shape index (κ1) is 10.7. The molecular formula is C15H11NO2. The molecule has 3 rings (SSSR count). The largest absolute Gasteiger partial charge is 0.458 e. The van der Waals surface area contributed by atoms with Gasteiger partial charge in [0.05, 0.1) is 0 Å². The Morgan fingerprint density at radius 1 is 1.17 bits per heavy atom. The van der Waals surface area contributed by atoms with Crippen LogP contribution in [-0.4, -0.2) is 10.8 Å². The van der Waals surface area contributed by atoms with E-state index in [9.17, 15) is 4.79 Å². The molecule has 1 aromatic carbocycles. The molecule has 88 valence electrons. The van der Waals surface area contributed by atoms with E-state index in [0.717, 1.165) is 16.5 Å². The van der Waals surface area contributed by atoms with Crippen molar-refractivity contribution in [1.29, 1.82) is 0 Å². The molecule has 0 aliphatic heterocycles. The second-order valence-electron chi connectivity index (χ2n) is 4.14. The van der Waals surface area contributed by atoms with Crippen LogP contribution in [0.25, 0.3) is 10.8 Å². The summed E-state index contributed by atoms with van der Waals surface area (Å²) in [5.74, 6) is 1.01. The summed E-state index contributed by atoms with van der Waals surface area (Å²) < 4.78 is 5.38. The Morgan fingerprint density at radius 2 is 2.06 bits per heavy atom. The van der Waals surface area contributed by atoms with E-state index in [-0.39, 0.29) is 5.78 Å². The van der Waals surface area contributed by atoms with Crippen molar-refractivity contribution in [3.8, 4) is 0 Å². The predicted octanol–water partition coefficient (Wildman–Crippen LogP) is 3.37. The molecule has 0 aliphatic rings. The predicted molar refractivity (Wildman–Crippen MR) is 68.6 cm³/mol. The summed E-state index contributed by atoms with van der Waals surface area (Å²) in [6.07, 6.45) is 3.44. The monoisotopic (exact) mass is 237 g/mol. The number of fused-ring (bicyclic) bond motifs is 1. The maximum absolute atomic E-state index is 12.4. The van der Waals surface area contributed by atoms with Crippen molar-refractivity contribution in [2.24, 2.45) is 0 Å². The van der Waals surface area contributed by atoms with Gasteiger partial charge in [-0.25, -0.2) is 0 Å². The average Bonchev–Trinajstić information content (AvgIpc) is 2.84. The topological polar surface area (TPSA) is 43.1 Å². The lowest BCUT2D eigenvalue weighted by Gasteiger charge is -2.03. The van der Waals surface area contributed by atoms with Crippen molar-refractivity contribution >= 4 is 16.6 Å². The lowest BCUT2D eigenvalue weighted by Crippen LogP contribution is -2.00. The number of furan rings is 1. The zero-order chi connectivity index (χ0) is 12.5. The van der Waals surface area contributed by atoms with Gasteiger partial charge in [-0.05, 0) is 30.5 Å². The molecule has 0 bridgehead atoms. The van der Waals surface area contributed by atoms with E-state index in [2.05, 4.69) is 4.98 Å². The minimum absolute atomic E-state index is 0.0973. The summed E-state index contributed by atoms with van der Waals surface area (Å²) >= 11 is 0. The van der Waals surface area contributed by atoms with E-state index in [1.54, 1.807) is 24.5 Å². The van der Waals surface area contributed by atoms with Gasteiger partial charge in [0.2, 0.25) is 5.78 Å². The zero-order valence-electron chi connectivity index (χ0n) is 9.88. The Kier molecular flexibility index (Phi) is 2.45. The van der Waals surface area contributed by atoms with E-state index >= 15 is 0 Å². The fourth-order valence-corrected chi connectivity index (χ4v) is 2.01. The Balaban J connectivity index is 2.17. The van der Waals surface area contributed by atoms with Gasteiger partial charge in [0.1, 0.15) is 5.76 Å². The van der Waals surface area contributed by atoms with Gasteiger partial charge >= 0.3 is 0 Å². The van der Waals surface area contributed by atoms with Crippen molar-refractivity contribution in [1.82, 2.24) is 4.98 Å². The summed E-state index contributed by atoms with van der Waals surface area (Å²) in [4.78, 5) is 16.4. The molecule has 18 heavy (non-hydrogen) atoms. The number of ketones is 1. The Morgan fingerprint density at radius 3 is 2.83 bits per heavy atom. The van der Waals surface area contributed by atoms with Crippen LogP contribution >= 0.6 is 0 Å². The second-order valence-corrected chi connectivity index (χ2v) is 4.14. The third-order valence-electron chi connectivity index (χ3n) is 2.89. The number of pyridine rings is 1. The molecule has 2 heterocycles. The smallest absolute Gasteiger partial charge is 0.228 e. The fourth-order valence-electron chi connectivity index (χ4n) is 2.01. The van der Waals surface area contributed by atoms with E-state index in [4.69, 9.17) is 4.42 Å². The van der Waals surface area contributed by atoms with Gasteiger partial charge in [-0.15, -0.1) is 0 Å². The molecule has 0 aliphatic carbocycles. The Hall–Kier alpha value is -2.42. The molecule has 3 nitrogen and oxygen atoms in total. The number of hydrogen-bond donors (Lipinski definition) is 0. The average molecular weight is 237 g/mol. The maximum atomic E-state index is 12.4. The first-order chi connectivity index (χ1) is 8.75. The van der Waals surface area contributed by atoms with Gasteiger partial charge in [-0.2, -0.15) is 0 Å². The van der Waals surface area contributed by atoms with Crippen LogP contribution in [0.15, 0.2) is 53.2 Å². The van der Waals surface area contributed by atoms with Crippen molar-refractivity contribution in [2.75, 3.05) is 0 Å². The van der Waals surface area contributed by atoms with Crippen LogP contribution in [-0.2, 0) is 0 Å². The number of carbonyl (C=O) groups excluding carboxylic acids is 1. The molecule has 0 spiro atoms. The number of aryl methyl sites for hydroxylation is 1. The van der Waals surface area contributed by atoms with Crippen LogP contribution in [0.3, 0.4) is 0 Å². The quantitative estimate of drug-likeness (QED) is 0.642. The number of nitrogens with zero attached hydrogens (tertiary/aromatic N) is 1. The third-order valence-corrected chi connectivity index (χ3v) is 2.89. The molecule has 0 amide bonds. The van der Waals surface area contributed by atoms with E-state index in [1.807, 2.05) is 31.2 Å². The fraction of sp³-hybridized carbons (Fsp3) is 0.0667. The zero-order valence-corrected chi connectivity index (χ0v) is 9.88. The minimum Gasteiger partial charge on any atom is -0.458 e. The van der Waals surface area contributed by atoms with Crippen LogP contribution in [0, 0.1) is 6.92 Å². The molecule has 0 atom stereocenters. The SMILES string of the molecule is Cc1ccc(C(=O)c2cccc3cnccc23)o1. The highest BCUT2D eigenvalue weighted by molar-refractivity contribution is 6.15. The van der Waals surface area contributed by atoms with Crippen molar-refractivity contribution in [2.45, 2.75) is 6.92 Å². The van der Waals surface area contributed by atoms with Gasteiger partial charge in [-0.3, -0.25) is 9.78 Å². The second kappa shape index (κ2) is 4.11. The lowest BCUT2D eigenvalue weighted by atomic mass is 10.0. The lowest BCUT2D eigenvalue weighted by molar-refractivity contribution is 0.101. The molecule has 3 aromatic rings. The molecule has 0 saturated carbocycles. The Labute approximate surface area is 104 Å². The van der Waals surface area contributed by atoms with Gasteiger partial charge in [-0.1, -0.05) is 18.2 Å². The molecule has 0 saturated heterocycles. The summed E-state index contributed by atoms with van der Waals surface area (Å²) in [7, 11) is 0. The number of rotatable bonds is 2. The number of carbonyl (C=O) groups is 1. The van der Waals surface area contributed by atoms with Crippen LogP contribution < -0.4 is 0 Å². The minimum atomic E-state index is -0.0973. The van der Waals surface area contributed by atoms with Gasteiger partial charge in [0, 0.05) is 23.3 Å². The highest BCUT2D eigenvalue weighted by atomic mass is 16.3. The van der Waals surface area contributed by atoms with E-state index in [0.29, 0.717) is 11.3 Å². The normalized spacial score (nSPS) is 10.7. The van der Waals surface area contributed by atoms with Crippen molar-refractivity contribution in [3.05, 3.63) is 65.9 Å². The summed E-state index contributed by atoms with van der Waals surface area (Å²) in [5, 5.41) is 1.85. The summed E-state index contributed by atoms with van der Waals surface area (Å²) in [6, 6.07) is 10.9. The first-order valence-corrected chi connectivity index (χ1v) is 5.69. The van der Waals surface area contributed by atoms with E-state index < -0.39 is 0 Å². The number of aromatic nitrogens is 1. The van der Waals surface area contributed by atoms with Crippen LogP contribution in [0.5, 0.6) is 0 Å². The molecule has 0 radical (unpaired) electrons. The Bertz CT molecular complexity index is 723. The van der Waals surface area contributed by atoms with Crippen LogP contribution in [0.4, 0.5) is 0 Å². The highest BCUT2D eigenvalue weighted by Gasteiger charge is 2.15. The van der Waals surface area contributed by atoms with Crippen molar-refractivity contribution in [3.63, 3.8) is 0 Å². The van der Waals surface area contributed by atoms with Gasteiger partial charge < -0.3 is 4.42 Å².